The van der Waals surface area contributed by atoms with Crippen molar-refractivity contribution in [2.24, 2.45) is 5.41 Å². The molecule has 4 heteroatoms. The number of rotatable bonds is 3. The zero-order chi connectivity index (χ0) is 6.91. The number of carboxylic acids is 1. The molecule has 0 spiro atoms. The first-order valence-corrected chi connectivity index (χ1v) is 3.54. The third kappa shape index (κ3) is 4.41. The van der Waals surface area contributed by atoms with Crippen LogP contribution in [-0.4, -0.2) is 11.7 Å². The Morgan fingerprint density at radius 2 is 2.00 bits per heavy atom. The van der Waals surface area contributed by atoms with Crippen LogP contribution >= 0.6 is 0 Å². The van der Waals surface area contributed by atoms with Crippen molar-refractivity contribution in [3.63, 3.8) is 0 Å². The average molecular weight is 183 g/mol. The summed E-state index contributed by atoms with van der Waals surface area (Å²) >= 11 is 4.78. The van der Waals surface area contributed by atoms with Gasteiger partial charge in [0.25, 0.3) is 0 Å². The van der Waals surface area contributed by atoms with Gasteiger partial charge < -0.3 is 22.5 Å². The van der Waals surface area contributed by atoms with Crippen LogP contribution in [0.5, 0.6) is 0 Å². The SMILES string of the molecule is C.O=C([O-])CC1(C[S-])CC1.[Na+]. The molecule has 0 N–H and O–H groups in total. The number of hydrogen-bond donors (Lipinski definition) is 0. The third-order valence-corrected chi connectivity index (χ3v) is 2.40. The first kappa shape index (κ1) is 14.3. The summed E-state index contributed by atoms with van der Waals surface area (Å²) in [5.41, 5.74) is -0.0336. The standard InChI is InChI=1S/C6H10O2S.CH4.Na/c7-5(8)3-6(4-9)1-2-6;;/h9H,1-4H2,(H,7,8);1H4;/q;;+1/p-2. The van der Waals surface area contributed by atoms with E-state index >= 15 is 0 Å². The van der Waals surface area contributed by atoms with Crippen LogP contribution in [0.1, 0.15) is 26.7 Å². The molecule has 0 saturated heterocycles. The molecule has 60 valence electrons. The van der Waals surface area contributed by atoms with E-state index in [1.165, 1.54) is 0 Å². The van der Waals surface area contributed by atoms with Crippen LogP contribution in [-0.2, 0) is 17.4 Å². The molecule has 1 saturated carbocycles. The fourth-order valence-corrected chi connectivity index (χ4v) is 1.25. The molecule has 0 heterocycles. The Morgan fingerprint density at radius 1 is 1.55 bits per heavy atom. The first-order chi connectivity index (χ1) is 4.18. The van der Waals surface area contributed by atoms with Crippen molar-refractivity contribution < 1.29 is 39.5 Å². The summed E-state index contributed by atoms with van der Waals surface area (Å²) in [6.45, 7) is 0. The molecule has 0 radical (unpaired) electrons. The van der Waals surface area contributed by atoms with E-state index in [0.717, 1.165) is 12.8 Å². The second-order valence-corrected chi connectivity index (χ2v) is 2.98. The van der Waals surface area contributed by atoms with E-state index in [0.29, 0.717) is 5.75 Å². The zero-order valence-electron chi connectivity index (χ0n) is 6.05. The van der Waals surface area contributed by atoms with Gasteiger partial charge in [0.15, 0.2) is 0 Å². The summed E-state index contributed by atoms with van der Waals surface area (Å²) in [6, 6.07) is 0. The maximum absolute atomic E-state index is 10.1. The largest absolute Gasteiger partial charge is 1.00 e. The Hall–Kier alpha value is 0.820. The van der Waals surface area contributed by atoms with Crippen molar-refractivity contribution in [3.8, 4) is 0 Å². The number of carbonyl (C=O) groups excluding carboxylic acids is 1. The van der Waals surface area contributed by atoms with Gasteiger partial charge in [-0.05, 0) is 24.7 Å². The van der Waals surface area contributed by atoms with Crippen molar-refractivity contribution >= 4 is 18.6 Å². The van der Waals surface area contributed by atoms with Gasteiger partial charge in [-0.3, -0.25) is 0 Å². The van der Waals surface area contributed by atoms with E-state index in [4.69, 9.17) is 12.6 Å². The summed E-state index contributed by atoms with van der Waals surface area (Å²) in [6.07, 6.45) is 2.12. The summed E-state index contributed by atoms with van der Waals surface area (Å²) < 4.78 is 0. The van der Waals surface area contributed by atoms with Crippen molar-refractivity contribution in [1.29, 1.82) is 0 Å². The Balaban J connectivity index is 0. The molecule has 0 bridgehead atoms. The minimum absolute atomic E-state index is 0. The number of aliphatic carboxylic acids is 1. The molecule has 0 unspecified atom stereocenters. The fraction of sp³-hybridized carbons (Fsp3) is 0.857. The molecule has 11 heavy (non-hydrogen) atoms. The topological polar surface area (TPSA) is 40.1 Å². The van der Waals surface area contributed by atoms with Gasteiger partial charge in [-0.1, -0.05) is 7.43 Å². The van der Waals surface area contributed by atoms with Crippen LogP contribution in [0.3, 0.4) is 0 Å². The van der Waals surface area contributed by atoms with E-state index in [2.05, 4.69) is 0 Å². The quantitative estimate of drug-likeness (QED) is 0.348. The van der Waals surface area contributed by atoms with E-state index in [9.17, 15) is 9.90 Å². The normalized spacial score (nSPS) is 17.5. The van der Waals surface area contributed by atoms with E-state index in [1.807, 2.05) is 0 Å². The van der Waals surface area contributed by atoms with Gasteiger partial charge in [0, 0.05) is 5.97 Å². The molecule has 2 nitrogen and oxygen atoms in total. The predicted molar refractivity (Wildman–Crippen MR) is 40.3 cm³/mol. The van der Waals surface area contributed by atoms with E-state index in [1.54, 1.807) is 0 Å². The Kier molecular flexibility index (Phi) is 7.13. The number of carbonyl (C=O) groups is 1. The molecule has 0 atom stereocenters. The smallest absolute Gasteiger partial charge is 0.792 e. The maximum atomic E-state index is 10.1. The number of hydrogen-bond acceptors (Lipinski definition) is 3. The Bertz CT molecular complexity index is 134. The predicted octanol–water partition coefficient (Wildman–Crippen LogP) is -2.91. The molecule has 0 aromatic rings. The zero-order valence-corrected chi connectivity index (χ0v) is 8.87. The number of carboxylic acid groups (broad SMARTS) is 1. The summed E-state index contributed by atoms with van der Waals surface area (Å²) in [5.74, 6) is -0.390. The van der Waals surface area contributed by atoms with Crippen LogP contribution < -0.4 is 34.7 Å². The van der Waals surface area contributed by atoms with Gasteiger partial charge in [-0.25, -0.2) is 0 Å². The monoisotopic (exact) mass is 183 g/mol. The summed E-state index contributed by atoms with van der Waals surface area (Å²) in [5, 5.41) is 10.1. The van der Waals surface area contributed by atoms with Crippen LogP contribution in [0.4, 0.5) is 0 Å². The second-order valence-electron chi connectivity index (χ2n) is 2.69. The molecule has 1 rings (SSSR count). The molecule has 0 aromatic heterocycles. The van der Waals surface area contributed by atoms with Crippen molar-refractivity contribution in [2.75, 3.05) is 5.75 Å². The van der Waals surface area contributed by atoms with Gasteiger partial charge in [-0.2, -0.15) is 5.75 Å². The molecule has 1 aliphatic carbocycles. The van der Waals surface area contributed by atoms with Crippen LogP contribution in [0.2, 0.25) is 0 Å². The summed E-state index contributed by atoms with van der Waals surface area (Å²) in [7, 11) is 0. The third-order valence-electron chi connectivity index (χ3n) is 1.78. The molecule has 1 aliphatic rings. The first-order valence-electron chi connectivity index (χ1n) is 2.96. The minimum atomic E-state index is -0.961. The maximum Gasteiger partial charge on any atom is 1.00 e. The van der Waals surface area contributed by atoms with Gasteiger partial charge in [0.05, 0.1) is 0 Å². The van der Waals surface area contributed by atoms with Crippen molar-refractivity contribution in [3.05, 3.63) is 0 Å². The van der Waals surface area contributed by atoms with Gasteiger partial charge in [0.2, 0.25) is 0 Å². The molecule has 1 fully saturated rings. The van der Waals surface area contributed by atoms with Gasteiger partial charge in [-0.15, -0.1) is 0 Å². The molecular weight excluding hydrogens is 171 g/mol. The molecule has 0 aliphatic heterocycles. The fourth-order valence-electron chi connectivity index (χ4n) is 0.855. The Morgan fingerprint density at radius 3 is 2.09 bits per heavy atom. The van der Waals surface area contributed by atoms with Crippen molar-refractivity contribution in [1.82, 2.24) is 0 Å². The van der Waals surface area contributed by atoms with Crippen LogP contribution in [0.25, 0.3) is 0 Å². The molecular formula is C7H12NaO2S-. The van der Waals surface area contributed by atoms with E-state index in [-0.39, 0.29) is 48.8 Å². The van der Waals surface area contributed by atoms with Gasteiger partial charge in [0.1, 0.15) is 0 Å². The average Bonchev–Trinajstić information content (AvgIpc) is 2.48. The minimum Gasteiger partial charge on any atom is -0.792 e. The van der Waals surface area contributed by atoms with Crippen LogP contribution in [0, 0.1) is 5.41 Å². The van der Waals surface area contributed by atoms with Crippen LogP contribution in [0.15, 0.2) is 0 Å². The van der Waals surface area contributed by atoms with Crippen molar-refractivity contribution in [2.45, 2.75) is 26.7 Å². The molecule has 0 aromatic carbocycles. The summed E-state index contributed by atoms with van der Waals surface area (Å²) in [4.78, 5) is 10.1. The molecule has 0 amide bonds. The van der Waals surface area contributed by atoms with E-state index < -0.39 is 5.97 Å². The van der Waals surface area contributed by atoms with Gasteiger partial charge >= 0.3 is 29.6 Å². The Labute approximate surface area is 95.5 Å². The second kappa shape index (κ2) is 5.46.